The molecule has 1 heterocycles. The lowest BCUT2D eigenvalue weighted by atomic mass is 10.2. The van der Waals surface area contributed by atoms with Gasteiger partial charge >= 0.3 is 6.09 Å². The van der Waals surface area contributed by atoms with Gasteiger partial charge in [-0.15, -0.1) is 0 Å². The summed E-state index contributed by atoms with van der Waals surface area (Å²) in [5, 5.41) is 4.81. The summed E-state index contributed by atoms with van der Waals surface area (Å²) in [5.41, 5.74) is 3.24. The van der Waals surface area contributed by atoms with Crippen LogP contribution in [0.25, 0.3) is 0 Å². The summed E-state index contributed by atoms with van der Waals surface area (Å²) in [6, 6.07) is 6.87. The third-order valence-electron chi connectivity index (χ3n) is 3.24. The van der Waals surface area contributed by atoms with Gasteiger partial charge in [0.2, 0.25) is 5.91 Å². The molecule has 1 aliphatic heterocycles. The van der Waals surface area contributed by atoms with Crippen LogP contribution in [0.4, 0.5) is 4.79 Å². The Morgan fingerprint density at radius 2 is 2.17 bits per heavy atom. The summed E-state index contributed by atoms with van der Waals surface area (Å²) < 4.78 is 5.27. The highest BCUT2D eigenvalue weighted by molar-refractivity contribution is 6.30. The minimum Gasteiger partial charge on any atom is -0.443 e. The van der Waals surface area contributed by atoms with Gasteiger partial charge in [0.1, 0.15) is 11.6 Å². The van der Waals surface area contributed by atoms with E-state index in [2.05, 4.69) is 10.7 Å². The highest BCUT2D eigenvalue weighted by Crippen LogP contribution is 2.14. The second kappa shape index (κ2) is 7.19. The first kappa shape index (κ1) is 17.6. The van der Waals surface area contributed by atoms with Gasteiger partial charge in [-0.1, -0.05) is 23.7 Å². The van der Waals surface area contributed by atoms with Crippen molar-refractivity contribution in [1.29, 1.82) is 0 Å². The van der Waals surface area contributed by atoms with Gasteiger partial charge in [-0.2, -0.15) is 0 Å². The molecular weight excluding hydrogens is 318 g/mol. The Morgan fingerprint density at radius 1 is 1.43 bits per heavy atom. The fourth-order valence-corrected chi connectivity index (χ4v) is 2.40. The van der Waals surface area contributed by atoms with Crippen molar-refractivity contribution in [2.75, 3.05) is 6.54 Å². The molecule has 1 atom stereocenters. The highest BCUT2D eigenvalue weighted by atomic mass is 35.5. The van der Waals surface area contributed by atoms with Crippen molar-refractivity contribution in [2.45, 2.75) is 45.4 Å². The van der Waals surface area contributed by atoms with E-state index >= 15 is 0 Å². The molecule has 2 N–H and O–H groups in total. The van der Waals surface area contributed by atoms with Gasteiger partial charge < -0.3 is 10.1 Å². The number of halogens is 1. The van der Waals surface area contributed by atoms with Crippen LogP contribution in [-0.2, 0) is 16.1 Å². The first-order chi connectivity index (χ1) is 10.7. The number of benzene rings is 1. The third kappa shape index (κ3) is 5.41. The van der Waals surface area contributed by atoms with E-state index in [1.54, 1.807) is 32.9 Å². The maximum Gasteiger partial charge on any atom is 0.424 e. The first-order valence-electron chi connectivity index (χ1n) is 7.53. The Bertz CT molecular complexity index is 586. The van der Waals surface area contributed by atoms with Crippen molar-refractivity contribution in [2.24, 2.45) is 0 Å². The van der Waals surface area contributed by atoms with E-state index in [-0.39, 0.29) is 5.91 Å². The second-order valence-corrected chi connectivity index (χ2v) is 6.89. The van der Waals surface area contributed by atoms with Crippen molar-refractivity contribution < 1.29 is 14.3 Å². The van der Waals surface area contributed by atoms with Gasteiger partial charge in [0, 0.05) is 18.1 Å². The Balaban J connectivity index is 1.82. The van der Waals surface area contributed by atoms with Crippen molar-refractivity contribution >= 4 is 23.6 Å². The normalized spacial score (nSPS) is 17.9. The molecule has 7 heteroatoms. The molecule has 1 aromatic carbocycles. The smallest absolute Gasteiger partial charge is 0.424 e. The standard InChI is InChI=1S/C16H22ClN3O3/c1-16(2,3)23-15(22)20-8-7-13(19-20)14(21)18-10-11-5-4-6-12(17)9-11/h4-6,9,13,19H,7-8,10H2,1-3H3,(H,18,21). The topological polar surface area (TPSA) is 70.7 Å². The van der Waals surface area contributed by atoms with Gasteiger partial charge in [0.25, 0.3) is 0 Å². The van der Waals surface area contributed by atoms with Crippen LogP contribution in [0.1, 0.15) is 32.8 Å². The highest BCUT2D eigenvalue weighted by Gasteiger charge is 2.32. The first-order valence-corrected chi connectivity index (χ1v) is 7.91. The second-order valence-electron chi connectivity index (χ2n) is 6.45. The molecule has 0 aliphatic carbocycles. The van der Waals surface area contributed by atoms with Crippen LogP contribution in [0.5, 0.6) is 0 Å². The molecule has 2 amide bonds. The van der Waals surface area contributed by atoms with Crippen LogP contribution < -0.4 is 10.7 Å². The Labute approximate surface area is 141 Å². The monoisotopic (exact) mass is 339 g/mol. The number of rotatable bonds is 3. The summed E-state index contributed by atoms with van der Waals surface area (Å²) in [5.74, 6) is -0.156. The zero-order valence-corrected chi connectivity index (χ0v) is 14.3. The molecule has 1 unspecified atom stereocenters. The van der Waals surface area contributed by atoms with Crippen molar-refractivity contribution in [3.63, 3.8) is 0 Å². The third-order valence-corrected chi connectivity index (χ3v) is 3.47. The number of ether oxygens (including phenoxy) is 1. The lowest BCUT2D eigenvalue weighted by Crippen LogP contribution is -2.47. The molecule has 1 saturated heterocycles. The number of hydrogen-bond acceptors (Lipinski definition) is 4. The van der Waals surface area contributed by atoms with E-state index in [9.17, 15) is 9.59 Å². The number of nitrogens with zero attached hydrogens (tertiary/aromatic N) is 1. The molecule has 0 bridgehead atoms. The average molecular weight is 340 g/mol. The maximum atomic E-state index is 12.2. The largest absolute Gasteiger partial charge is 0.443 e. The van der Waals surface area contributed by atoms with Gasteiger partial charge in [-0.05, 0) is 44.9 Å². The SMILES string of the molecule is CC(C)(C)OC(=O)N1CCC(C(=O)NCc2cccc(Cl)c2)N1. The Kier molecular flexibility index (Phi) is 5.49. The lowest BCUT2D eigenvalue weighted by Gasteiger charge is -2.24. The van der Waals surface area contributed by atoms with Crippen LogP contribution in [0.15, 0.2) is 24.3 Å². The van der Waals surface area contributed by atoms with Gasteiger partial charge in [-0.3, -0.25) is 4.79 Å². The van der Waals surface area contributed by atoms with Crippen molar-refractivity contribution in [1.82, 2.24) is 15.8 Å². The molecular formula is C16H22ClN3O3. The lowest BCUT2D eigenvalue weighted by molar-refractivity contribution is -0.123. The van der Waals surface area contributed by atoms with Crippen LogP contribution in [0, 0.1) is 0 Å². The van der Waals surface area contributed by atoms with E-state index < -0.39 is 17.7 Å². The van der Waals surface area contributed by atoms with Crippen LogP contribution in [-0.4, -0.2) is 35.2 Å². The molecule has 0 aromatic heterocycles. The van der Waals surface area contributed by atoms with Gasteiger partial charge in [0.15, 0.2) is 0 Å². The molecule has 0 spiro atoms. The molecule has 2 rings (SSSR count). The quantitative estimate of drug-likeness (QED) is 0.887. The summed E-state index contributed by atoms with van der Waals surface area (Å²) >= 11 is 5.91. The maximum absolute atomic E-state index is 12.2. The molecule has 1 fully saturated rings. The number of hydrogen-bond donors (Lipinski definition) is 2. The van der Waals surface area contributed by atoms with E-state index in [1.807, 2.05) is 12.1 Å². The molecule has 1 aliphatic rings. The van der Waals surface area contributed by atoms with E-state index in [4.69, 9.17) is 16.3 Å². The molecule has 0 radical (unpaired) electrons. The minimum absolute atomic E-state index is 0.156. The summed E-state index contributed by atoms with van der Waals surface area (Å²) in [4.78, 5) is 24.1. The van der Waals surface area contributed by atoms with Gasteiger partial charge in [0.05, 0.1) is 0 Å². The van der Waals surface area contributed by atoms with Crippen molar-refractivity contribution in [3.05, 3.63) is 34.9 Å². The molecule has 6 nitrogen and oxygen atoms in total. The molecule has 1 aromatic rings. The molecule has 126 valence electrons. The zero-order chi connectivity index (χ0) is 17.0. The number of carbonyl (C=O) groups is 2. The number of hydrazine groups is 1. The van der Waals surface area contributed by atoms with Crippen LogP contribution in [0.3, 0.4) is 0 Å². The fraction of sp³-hybridized carbons (Fsp3) is 0.500. The Hall–Kier alpha value is -1.79. The van der Waals surface area contributed by atoms with Crippen LogP contribution >= 0.6 is 11.6 Å². The number of carbonyl (C=O) groups excluding carboxylic acids is 2. The number of amides is 2. The van der Waals surface area contributed by atoms with E-state index in [0.717, 1.165) is 5.56 Å². The predicted octanol–water partition coefficient (Wildman–Crippen LogP) is 2.47. The number of nitrogens with one attached hydrogen (secondary N) is 2. The molecule has 23 heavy (non-hydrogen) atoms. The predicted molar refractivity (Wildman–Crippen MR) is 87.8 cm³/mol. The van der Waals surface area contributed by atoms with E-state index in [1.165, 1.54) is 5.01 Å². The van der Waals surface area contributed by atoms with E-state index in [0.29, 0.717) is 24.5 Å². The fourth-order valence-electron chi connectivity index (χ4n) is 2.19. The van der Waals surface area contributed by atoms with Crippen molar-refractivity contribution in [3.8, 4) is 0 Å². The molecule has 0 saturated carbocycles. The van der Waals surface area contributed by atoms with Gasteiger partial charge in [-0.25, -0.2) is 15.2 Å². The summed E-state index contributed by atoms with van der Waals surface area (Å²) in [7, 11) is 0. The minimum atomic E-state index is -0.564. The zero-order valence-electron chi connectivity index (χ0n) is 13.6. The summed E-state index contributed by atoms with van der Waals surface area (Å²) in [6.07, 6.45) is 0.0725. The summed E-state index contributed by atoms with van der Waals surface area (Å²) in [6.45, 7) is 6.23. The average Bonchev–Trinajstić information content (AvgIpc) is 2.93. The Morgan fingerprint density at radius 3 is 2.83 bits per heavy atom. The van der Waals surface area contributed by atoms with Crippen LogP contribution in [0.2, 0.25) is 5.02 Å².